The van der Waals surface area contributed by atoms with Crippen molar-refractivity contribution in [2.45, 2.75) is 71.9 Å². The van der Waals surface area contributed by atoms with Crippen molar-refractivity contribution < 1.29 is 23.9 Å². The van der Waals surface area contributed by atoms with Crippen LogP contribution in [0.2, 0.25) is 0 Å². The minimum Gasteiger partial charge on any atom is -0.379 e. The molecule has 0 heterocycles. The summed E-state index contributed by atoms with van der Waals surface area (Å²) in [5.41, 5.74) is 0. The second kappa shape index (κ2) is 14.3. The van der Waals surface area contributed by atoms with Crippen LogP contribution in [0.15, 0.2) is 12.7 Å². The fraction of sp³-hybridized carbons (Fsp3) is 0.783. The summed E-state index contributed by atoms with van der Waals surface area (Å²) in [6.07, 6.45) is 5.09. The lowest BCUT2D eigenvalue weighted by atomic mass is 9.80. The Hall–Kier alpha value is -1.73. The molecule has 1 saturated carbocycles. The van der Waals surface area contributed by atoms with Crippen molar-refractivity contribution >= 4 is 17.6 Å². The van der Waals surface area contributed by atoms with Gasteiger partial charge in [0.05, 0.1) is 26.4 Å². The van der Waals surface area contributed by atoms with E-state index in [-0.39, 0.29) is 35.7 Å². The first-order chi connectivity index (χ1) is 14.3. The van der Waals surface area contributed by atoms with E-state index in [1.54, 1.807) is 4.90 Å². The highest BCUT2D eigenvalue weighted by Gasteiger charge is 2.28. The van der Waals surface area contributed by atoms with Crippen molar-refractivity contribution in [1.29, 1.82) is 0 Å². The zero-order chi connectivity index (χ0) is 22.5. The molecule has 0 aromatic heterocycles. The molecule has 1 fully saturated rings. The number of nitrogens with one attached hydrogen (secondary N) is 1. The van der Waals surface area contributed by atoms with Gasteiger partial charge in [-0.25, -0.2) is 0 Å². The Kier molecular flexibility index (Phi) is 12.5. The molecule has 1 aliphatic rings. The summed E-state index contributed by atoms with van der Waals surface area (Å²) in [4.78, 5) is 37.5. The van der Waals surface area contributed by atoms with Crippen molar-refractivity contribution in [3.05, 3.63) is 12.7 Å². The summed E-state index contributed by atoms with van der Waals surface area (Å²) >= 11 is 0. The summed E-state index contributed by atoms with van der Waals surface area (Å²) < 4.78 is 11.0. The van der Waals surface area contributed by atoms with Crippen molar-refractivity contribution in [3.63, 3.8) is 0 Å². The maximum atomic E-state index is 12.1. The molecule has 0 aromatic carbocycles. The third kappa shape index (κ3) is 9.85. The topological polar surface area (TPSA) is 84.9 Å². The predicted octanol–water partition coefficient (Wildman–Crippen LogP) is 2.73. The average molecular weight is 425 g/mol. The van der Waals surface area contributed by atoms with Gasteiger partial charge in [0.15, 0.2) is 0 Å². The van der Waals surface area contributed by atoms with Gasteiger partial charge in [-0.3, -0.25) is 14.4 Å². The third-order valence-electron chi connectivity index (χ3n) is 5.47. The number of nitrogens with zero attached hydrogens (tertiary/aromatic N) is 1. The van der Waals surface area contributed by atoms with Crippen LogP contribution in [-0.2, 0) is 23.9 Å². The van der Waals surface area contributed by atoms with E-state index in [4.69, 9.17) is 9.47 Å². The third-order valence-corrected chi connectivity index (χ3v) is 5.47. The molecule has 2 amide bonds. The standard InChI is InChI=1S/C23H40N2O5/c1-6-22(27)25(18(4)5)12-14-30-16-15-29-13-11-21(26)24-20-9-7-19(8-10-20)23(28)17(2)3/h6,17-20H,1,7-16H2,2-5H3,(H,24,26). The van der Waals surface area contributed by atoms with Crippen molar-refractivity contribution in [2.24, 2.45) is 11.8 Å². The molecular weight excluding hydrogens is 384 g/mol. The highest BCUT2D eigenvalue weighted by atomic mass is 16.5. The number of Topliss-reactive ketones (excluding diaryl/α,β-unsaturated/α-hetero) is 1. The van der Waals surface area contributed by atoms with E-state index >= 15 is 0 Å². The Morgan fingerprint density at radius 1 is 1.00 bits per heavy atom. The van der Waals surface area contributed by atoms with Gasteiger partial charge in [-0.2, -0.15) is 0 Å². The maximum absolute atomic E-state index is 12.1. The van der Waals surface area contributed by atoms with Crippen LogP contribution >= 0.6 is 0 Å². The van der Waals surface area contributed by atoms with E-state index in [1.807, 2.05) is 27.7 Å². The Bertz CT molecular complexity index is 554. The van der Waals surface area contributed by atoms with Gasteiger partial charge >= 0.3 is 0 Å². The molecule has 1 rings (SSSR count). The molecule has 0 atom stereocenters. The quantitative estimate of drug-likeness (QED) is 0.342. The molecule has 0 saturated heterocycles. The zero-order valence-electron chi connectivity index (χ0n) is 19.2. The van der Waals surface area contributed by atoms with Crippen LogP contribution < -0.4 is 5.32 Å². The number of amides is 2. The lowest BCUT2D eigenvalue weighted by Crippen LogP contribution is -2.39. The van der Waals surface area contributed by atoms with E-state index in [0.717, 1.165) is 25.7 Å². The first kappa shape index (κ1) is 26.3. The number of carbonyl (C=O) groups is 3. The molecule has 7 nitrogen and oxygen atoms in total. The highest BCUT2D eigenvalue weighted by Crippen LogP contribution is 2.27. The first-order valence-electron chi connectivity index (χ1n) is 11.2. The summed E-state index contributed by atoms with van der Waals surface area (Å²) in [5.74, 6) is 0.482. The zero-order valence-corrected chi connectivity index (χ0v) is 19.2. The normalized spacial score (nSPS) is 19.0. The number of ketones is 1. The summed E-state index contributed by atoms with van der Waals surface area (Å²) in [6, 6.07) is 0.263. The largest absolute Gasteiger partial charge is 0.379 e. The number of hydrogen-bond donors (Lipinski definition) is 1. The Morgan fingerprint density at radius 3 is 2.13 bits per heavy atom. The molecule has 0 bridgehead atoms. The fourth-order valence-electron chi connectivity index (χ4n) is 3.68. The molecule has 1 N–H and O–H groups in total. The van der Waals surface area contributed by atoms with Gasteiger partial charge in [-0.1, -0.05) is 20.4 Å². The van der Waals surface area contributed by atoms with Gasteiger partial charge in [0, 0.05) is 36.9 Å². The van der Waals surface area contributed by atoms with Crippen LogP contribution in [0.25, 0.3) is 0 Å². The van der Waals surface area contributed by atoms with Crippen molar-refractivity contribution in [3.8, 4) is 0 Å². The highest BCUT2D eigenvalue weighted by molar-refractivity contribution is 5.87. The molecule has 0 spiro atoms. The van der Waals surface area contributed by atoms with Gasteiger partial charge < -0.3 is 19.7 Å². The monoisotopic (exact) mass is 424 g/mol. The van der Waals surface area contributed by atoms with Gasteiger partial charge in [0.2, 0.25) is 11.8 Å². The van der Waals surface area contributed by atoms with Crippen LogP contribution in [-0.4, -0.2) is 67.6 Å². The molecule has 0 aliphatic heterocycles. The number of rotatable bonds is 14. The van der Waals surface area contributed by atoms with Crippen LogP contribution in [0, 0.1) is 11.8 Å². The van der Waals surface area contributed by atoms with E-state index in [1.165, 1.54) is 6.08 Å². The Balaban J connectivity index is 2.06. The summed E-state index contributed by atoms with van der Waals surface area (Å²) in [5, 5.41) is 3.05. The molecule has 1 aliphatic carbocycles. The van der Waals surface area contributed by atoms with Gasteiger partial charge in [-0.15, -0.1) is 0 Å². The van der Waals surface area contributed by atoms with Crippen LogP contribution in [0.5, 0.6) is 0 Å². The van der Waals surface area contributed by atoms with Gasteiger partial charge in [0.1, 0.15) is 5.78 Å². The number of carbonyl (C=O) groups excluding carboxylic acids is 3. The number of hydrogen-bond acceptors (Lipinski definition) is 5. The van der Waals surface area contributed by atoms with Gasteiger partial charge in [-0.05, 0) is 45.6 Å². The predicted molar refractivity (Wildman–Crippen MR) is 117 cm³/mol. The van der Waals surface area contributed by atoms with Gasteiger partial charge in [0.25, 0.3) is 0 Å². The molecule has 0 unspecified atom stereocenters. The minimum atomic E-state index is -0.101. The average Bonchev–Trinajstić information content (AvgIpc) is 2.71. The summed E-state index contributed by atoms with van der Waals surface area (Å²) in [6.45, 7) is 13.4. The lowest BCUT2D eigenvalue weighted by molar-refractivity contribution is -0.128. The first-order valence-corrected chi connectivity index (χ1v) is 11.2. The van der Waals surface area contributed by atoms with Crippen LogP contribution in [0.1, 0.15) is 59.8 Å². The molecule has 172 valence electrons. The van der Waals surface area contributed by atoms with E-state index in [9.17, 15) is 14.4 Å². The van der Waals surface area contributed by atoms with Crippen molar-refractivity contribution in [1.82, 2.24) is 10.2 Å². The van der Waals surface area contributed by atoms with Crippen LogP contribution in [0.3, 0.4) is 0 Å². The smallest absolute Gasteiger partial charge is 0.246 e. The van der Waals surface area contributed by atoms with E-state index in [2.05, 4.69) is 11.9 Å². The molecule has 7 heteroatoms. The van der Waals surface area contributed by atoms with E-state index in [0.29, 0.717) is 45.2 Å². The molecule has 0 radical (unpaired) electrons. The van der Waals surface area contributed by atoms with E-state index < -0.39 is 0 Å². The van der Waals surface area contributed by atoms with Crippen LogP contribution in [0.4, 0.5) is 0 Å². The second-order valence-electron chi connectivity index (χ2n) is 8.48. The molecule has 0 aromatic rings. The molecule has 30 heavy (non-hydrogen) atoms. The fourth-order valence-corrected chi connectivity index (χ4v) is 3.68. The summed E-state index contributed by atoms with van der Waals surface area (Å²) in [7, 11) is 0. The SMILES string of the molecule is C=CC(=O)N(CCOCCOCCC(=O)NC1CCC(C(=O)C(C)C)CC1)C(C)C. The van der Waals surface area contributed by atoms with Crippen molar-refractivity contribution in [2.75, 3.05) is 33.0 Å². The second-order valence-corrected chi connectivity index (χ2v) is 8.48. The maximum Gasteiger partial charge on any atom is 0.246 e. The Labute approximate surface area is 181 Å². The minimum absolute atomic E-state index is 0.00920. The Morgan fingerprint density at radius 2 is 1.60 bits per heavy atom. The molecular formula is C23H40N2O5. The lowest BCUT2D eigenvalue weighted by Gasteiger charge is -2.29. The number of ether oxygens (including phenoxy) is 2.